The second-order valence-corrected chi connectivity index (χ2v) is 27.2. The summed E-state index contributed by atoms with van der Waals surface area (Å²) in [5, 5.41) is 0. The Morgan fingerprint density at radius 1 is 0.545 bits per heavy atom. The van der Waals surface area contributed by atoms with Crippen LogP contribution in [0.5, 0.6) is 0 Å². The number of rotatable bonds is 10. The molecule has 1 saturated heterocycles. The minimum Gasteiger partial charge on any atom is -1.00 e. The van der Waals surface area contributed by atoms with Crippen molar-refractivity contribution in [2.75, 3.05) is 0 Å². The zero-order valence-electron chi connectivity index (χ0n) is 31.1. The standard InChI is InChI=1S/2C20H18F3.C6H10.2ClH.Zr/c2*1-2-3-5-14-12-16-6-4-7-18(19(16)13-14)15-8-10-17(11-9-15)20(21,22)23;1-2-4-6-5-3-1;;;/h2*4,6-13H,2-3,5H2,1H3;1-2H,3-6H2;2*1H;/q;;;;;+2/p-2. The van der Waals surface area contributed by atoms with Gasteiger partial charge in [-0.05, 0) is 0 Å². The average molecular weight is 875 g/mol. The zero-order valence-corrected chi connectivity index (χ0v) is 35.1. The molecule has 55 heavy (non-hydrogen) atoms. The molecule has 4 unspecified atom stereocenters. The molecule has 0 amide bonds. The summed E-state index contributed by atoms with van der Waals surface area (Å²) in [5.41, 5.74) is 10.6. The number of fused-ring (bicyclic) bond motifs is 3. The first kappa shape index (κ1) is 42.0. The summed E-state index contributed by atoms with van der Waals surface area (Å²) < 4.78 is 83.5. The molecule has 8 rings (SSSR count). The molecule has 0 N–H and O–H groups in total. The fourth-order valence-corrected chi connectivity index (χ4v) is 33.9. The number of alkyl halides is 6. The van der Waals surface area contributed by atoms with Crippen LogP contribution in [0.2, 0.25) is 7.25 Å². The third-order valence-electron chi connectivity index (χ3n) is 12.9. The maximum Gasteiger partial charge on any atom is -1.00 e. The number of unbranched alkanes of at least 4 members (excludes halogenated alkanes) is 2. The quantitative estimate of drug-likeness (QED) is 0.140. The minimum atomic E-state index is -4.38. The van der Waals surface area contributed by atoms with Gasteiger partial charge in [0.05, 0.1) is 0 Å². The predicted octanol–water partition coefficient (Wildman–Crippen LogP) is 9.34. The minimum absolute atomic E-state index is 0. The Hall–Kier alpha value is -2.60. The van der Waals surface area contributed by atoms with E-state index in [1.807, 2.05) is 0 Å². The van der Waals surface area contributed by atoms with Crippen LogP contribution in [-0.4, -0.2) is 0 Å². The molecule has 4 atom stereocenters. The summed E-state index contributed by atoms with van der Waals surface area (Å²) in [6.07, 6.45) is 7.62. The molecule has 0 bridgehead atoms. The van der Waals surface area contributed by atoms with Gasteiger partial charge in [0.1, 0.15) is 0 Å². The Kier molecular flexibility index (Phi) is 12.5. The van der Waals surface area contributed by atoms with Crippen LogP contribution < -0.4 is 24.8 Å². The summed E-state index contributed by atoms with van der Waals surface area (Å²) in [5.74, 6) is 0. The summed E-state index contributed by atoms with van der Waals surface area (Å²) in [6.45, 7) is 4.48. The van der Waals surface area contributed by atoms with Crippen molar-refractivity contribution < 1.29 is 71.4 Å². The molecule has 0 radical (unpaired) electrons. The number of allylic oxidation sites excluding steroid dienone is 2. The number of hydrogen-bond donors (Lipinski definition) is 0. The van der Waals surface area contributed by atoms with Gasteiger partial charge in [-0.2, -0.15) is 0 Å². The molecule has 0 aromatic heterocycles. The van der Waals surface area contributed by atoms with Gasteiger partial charge < -0.3 is 24.8 Å². The van der Waals surface area contributed by atoms with Gasteiger partial charge in [0.25, 0.3) is 0 Å². The van der Waals surface area contributed by atoms with Crippen LogP contribution in [0.15, 0.2) is 96.1 Å². The van der Waals surface area contributed by atoms with Gasteiger partial charge in [-0.3, -0.25) is 0 Å². The van der Waals surface area contributed by atoms with E-state index in [2.05, 4.69) is 62.4 Å². The molecule has 3 aliphatic carbocycles. The molecule has 0 nitrogen and oxygen atoms in total. The first-order valence-corrected chi connectivity index (χ1v) is 25.2. The number of halogens is 8. The van der Waals surface area contributed by atoms with Crippen LogP contribution in [-0.2, 0) is 32.6 Å². The van der Waals surface area contributed by atoms with E-state index < -0.39 is 43.7 Å². The van der Waals surface area contributed by atoms with Gasteiger partial charge in [-0.1, -0.05) is 0 Å². The van der Waals surface area contributed by atoms with E-state index in [1.165, 1.54) is 83.3 Å². The summed E-state index contributed by atoms with van der Waals surface area (Å²) >= 11 is -3.39. The largest absolute Gasteiger partial charge is 1.00 e. The van der Waals surface area contributed by atoms with Crippen molar-refractivity contribution in [2.24, 2.45) is 0 Å². The summed E-state index contributed by atoms with van der Waals surface area (Å²) in [7, 11) is 0. The Morgan fingerprint density at radius 2 is 0.927 bits per heavy atom. The first-order chi connectivity index (χ1) is 25.5. The predicted molar refractivity (Wildman–Crippen MR) is 200 cm³/mol. The van der Waals surface area contributed by atoms with Gasteiger partial charge in [-0.25, -0.2) is 0 Å². The topological polar surface area (TPSA) is 0 Å². The van der Waals surface area contributed by atoms with Gasteiger partial charge >= 0.3 is 315 Å². The van der Waals surface area contributed by atoms with Crippen molar-refractivity contribution in [3.63, 3.8) is 0 Å². The van der Waals surface area contributed by atoms with Gasteiger partial charge in [0.15, 0.2) is 0 Å². The smallest absolute Gasteiger partial charge is 1.00 e. The van der Waals surface area contributed by atoms with Crippen molar-refractivity contribution in [2.45, 2.75) is 105 Å². The second-order valence-electron chi connectivity index (χ2n) is 15.8. The van der Waals surface area contributed by atoms with E-state index in [4.69, 9.17) is 0 Å². The molecule has 290 valence electrons. The van der Waals surface area contributed by atoms with Crippen LogP contribution in [0.25, 0.3) is 34.4 Å². The van der Waals surface area contributed by atoms with Crippen molar-refractivity contribution in [1.82, 2.24) is 0 Å². The molecule has 1 saturated carbocycles. The third-order valence-corrected chi connectivity index (χ3v) is 30.0. The molecular formula is C46H46Cl2F6Zr. The van der Waals surface area contributed by atoms with Gasteiger partial charge in [0.2, 0.25) is 0 Å². The van der Waals surface area contributed by atoms with Crippen molar-refractivity contribution in [3.05, 3.63) is 129 Å². The Labute approximate surface area is 338 Å². The SMILES string of the molecule is CCCCC1=Cc2c(-c3ccc(C(F)(F)F)cc3)cccc2[CH]1[Zr+2]1([CH]2C(CCCC)=Cc3c(-c4ccc(C(F)(F)F)cc4)cccc32)[CH]2CCCC[CH]21.[Cl-].[Cl-]. The van der Waals surface area contributed by atoms with Crippen LogP contribution in [0.4, 0.5) is 26.3 Å². The van der Waals surface area contributed by atoms with Gasteiger partial charge in [0, 0.05) is 0 Å². The molecular weight excluding hydrogens is 829 g/mol. The average Bonchev–Trinajstić information content (AvgIpc) is 3.42. The Bertz CT molecular complexity index is 1910. The van der Waals surface area contributed by atoms with E-state index in [1.54, 1.807) is 24.3 Å². The molecule has 0 spiro atoms. The van der Waals surface area contributed by atoms with E-state index in [0.717, 1.165) is 68.0 Å². The van der Waals surface area contributed by atoms with Gasteiger partial charge in [-0.15, -0.1) is 0 Å². The molecule has 2 fully saturated rings. The van der Waals surface area contributed by atoms with Crippen molar-refractivity contribution >= 4 is 12.2 Å². The number of benzene rings is 4. The maximum absolute atomic E-state index is 13.5. The van der Waals surface area contributed by atoms with Crippen LogP contribution in [0.3, 0.4) is 0 Å². The van der Waals surface area contributed by atoms with E-state index in [-0.39, 0.29) is 24.8 Å². The van der Waals surface area contributed by atoms with Crippen LogP contribution in [0.1, 0.15) is 119 Å². The van der Waals surface area contributed by atoms with Crippen LogP contribution in [0, 0.1) is 0 Å². The summed E-state index contributed by atoms with van der Waals surface area (Å²) in [6, 6.07) is 24.4. The first-order valence-electron chi connectivity index (χ1n) is 19.5. The molecule has 9 heteroatoms. The Morgan fingerprint density at radius 3 is 1.27 bits per heavy atom. The fraction of sp³-hybridized carbons (Fsp3) is 0.391. The normalized spacial score (nSPS) is 22.6. The van der Waals surface area contributed by atoms with Crippen LogP contribution >= 0.6 is 0 Å². The van der Waals surface area contributed by atoms with E-state index >= 15 is 0 Å². The van der Waals surface area contributed by atoms with Crippen molar-refractivity contribution in [1.29, 1.82) is 0 Å². The second kappa shape index (κ2) is 16.3. The Balaban J connectivity index is 0.00000257. The molecule has 4 aromatic carbocycles. The monoisotopic (exact) mass is 872 g/mol. The zero-order chi connectivity index (χ0) is 37.1. The maximum atomic E-state index is 13.5. The molecule has 4 aliphatic rings. The van der Waals surface area contributed by atoms with Crippen molar-refractivity contribution in [3.8, 4) is 22.3 Å². The fourth-order valence-electron chi connectivity index (χ4n) is 10.7. The third kappa shape index (κ3) is 7.38. The summed E-state index contributed by atoms with van der Waals surface area (Å²) in [4.78, 5) is 0. The molecule has 1 aliphatic heterocycles. The van der Waals surface area contributed by atoms with E-state index in [9.17, 15) is 26.3 Å². The molecule has 1 heterocycles. The number of hydrogen-bond acceptors (Lipinski definition) is 0. The van der Waals surface area contributed by atoms with E-state index in [0.29, 0.717) is 7.25 Å². The molecule has 4 aromatic rings.